The first-order valence-electron chi connectivity index (χ1n) is 12.0. The molecular formula is C26H29ClN6O3. The van der Waals surface area contributed by atoms with Gasteiger partial charge in [0.15, 0.2) is 5.82 Å². The summed E-state index contributed by atoms with van der Waals surface area (Å²) < 4.78 is 16.8. The van der Waals surface area contributed by atoms with Crippen molar-refractivity contribution in [1.82, 2.24) is 9.97 Å². The number of rotatable bonds is 8. The van der Waals surface area contributed by atoms with E-state index in [-0.39, 0.29) is 0 Å². The van der Waals surface area contributed by atoms with Gasteiger partial charge >= 0.3 is 0 Å². The Morgan fingerprint density at radius 3 is 2.33 bits per heavy atom. The molecule has 2 aliphatic rings. The average Bonchev–Trinajstić information content (AvgIpc) is 2.94. The van der Waals surface area contributed by atoms with Crippen molar-refractivity contribution in [2.45, 2.75) is 6.61 Å². The summed E-state index contributed by atoms with van der Waals surface area (Å²) in [7, 11) is 0. The van der Waals surface area contributed by atoms with Gasteiger partial charge in [-0.1, -0.05) is 29.8 Å². The molecule has 3 heterocycles. The molecule has 3 aromatic rings. The van der Waals surface area contributed by atoms with E-state index in [1.54, 1.807) is 6.21 Å². The van der Waals surface area contributed by atoms with Gasteiger partial charge in [0, 0.05) is 42.8 Å². The standard InChI is InChI=1S/C26H29ClN6O3/c27-23-4-2-1-3-21(23)19-36-22-7-5-20(6-8-22)18-28-31-24-17-25(32-9-13-34-14-10-32)30-26(29-24)33-11-15-35-16-12-33/h1-8,17-18H,9-16,19H2,(H,29,30,31)/b28-18-. The quantitative estimate of drug-likeness (QED) is 0.363. The highest BCUT2D eigenvalue weighted by Gasteiger charge is 2.19. The van der Waals surface area contributed by atoms with Crippen molar-refractivity contribution in [3.05, 3.63) is 70.7 Å². The molecule has 188 valence electrons. The summed E-state index contributed by atoms with van der Waals surface area (Å²) in [6.07, 6.45) is 1.75. The molecule has 0 aliphatic carbocycles. The lowest BCUT2D eigenvalue weighted by Gasteiger charge is -2.31. The van der Waals surface area contributed by atoms with Crippen LogP contribution in [-0.2, 0) is 16.1 Å². The molecular weight excluding hydrogens is 480 g/mol. The van der Waals surface area contributed by atoms with Crippen molar-refractivity contribution in [3.8, 4) is 5.75 Å². The Morgan fingerprint density at radius 1 is 0.917 bits per heavy atom. The van der Waals surface area contributed by atoms with Crippen LogP contribution in [0.4, 0.5) is 17.6 Å². The number of aromatic nitrogens is 2. The topological polar surface area (TPSA) is 84.3 Å². The van der Waals surface area contributed by atoms with Crippen LogP contribution in [0.25, 0.3) is 0 Å². The minimum Gasteiger partial charge on any atom is -0.489 e. The summed E-state index contributed by atoms with van der Waals surface area (Å²) >= 11 is 6.20. The van der Waals surface area contributed by atoms with Crippen LogP contribution in [0.15, 0.2) is 59.7 Å². The number of ether oxygens (including phenoxy) is 3. The molecule has 1 N–H and O–H groups in total. The number of hydrogen-bond donors (Lipinski definition) is 1. The fraction of sp³-hybridized carbons (Fsp3) is 0.346. The zero-order valence-corrected chi connectivity index (χ0v) is 20.7. The lowest BCUT2D eigenvalue weighted by Crippen LogP contribution is -2.39. The average molecular weight is 509 g/mol. The third kappa shape index (κ3) is 6.42. The van der Waals surface area contributed by atoms with Gasteiger partial charge in [-0.15, -0.1) is 0 Å². The van der Waals surface area contributed by atoms with Crippen LogP contribution >= 0.6 is 11.6 Å². The van der Waals surface area contributed by atoms with Crippen molar-refractivity contribution in [1.29, 1.82) is 0 Å². The molecule has 36 heavy (non-hydrogen) atoms. The summed E-state index contributed by atoms with van der Waals surface area (Å²) in [4.78, 5) is 13.9. The largest absolute Gasteiger partial charge is 0.489 e. The van der Waals surface area contributed by atoms with Gasteiger partial charge in [0.25, 0.3) is 0 Å². The second-order valence-electron chi connectivity index (χ2n) is 8.43. The summed E-state index contributed by atoms with van der Waals surface area (Å²) in [5.41, 5.74) is 4.96. The second-order valence-corrected chi connectivity index (χ2v) is 8.84. The number of morpholine rings is 2. The van der Waals surface area contributed by atoms with Crippen LogP contribution in [0.5, 0.6) is 5.75 Å². The number of benzene rings is 2. The number of nitrogens with one attached hydrogen (secondary N) is 1. The van der Waals surface area contributed by atoms with Crippen LogP contribution < -0.4 is 20.0 Å². The third-order valence-electron chi connectivity index (χ3n) is 5.95. The van der Waals surface area contributed by atoms with E-state index in [9.17, 15) is 0 Å². The highest BCUT2D eigenvalue weighted by molar-refractivity contribution is 6.31. The predicted octanol–water partition coefficient (Wildman–Crippen LogP) is 3.83. The Morgan fingerprint density at radius 2 is 1.61 bits per heavy atom. The molecule has 2 aromatic carbocycles. The Hall–Kier alpha value is -3.40. The van der Waals surface area contributed by atoms with E-state index in [2.05, 4.69) is 20.3 Å². The fourth-order valence-electron chi connectivity index (χ4n) is 3.94. The maximum Gasteiger partial charge on any atom is 0.229 e. The van der Waals surface area contributed by atoms with Crippen LogP contribution in [-0.4, -0.2) is 68.8 Å². The maximum absolute atomic E-state index is 6.20. The van der Waals surface area contributed by atoms with Gasteiger partial charge in [0.2, 0.25) is 5.95 Å². The van der Waals surface area contributed by atoms with Gasteiger partial charge < -0.3 is 24.0 Å². The molecule has 2 fully saturated rings. The van der Waals surface area contributed by atoms with E-state index in [1.165, 1.54) is 0 Å². The number of anilines is 3. The van der Waals surface area contributed by atoms with Crippen LogP contribution in [0.2, 0.25) is 5.02 Å². The highest BCUT2D eigenvalue weighted by Crippen LogP contribution is 2.23. The van der Waals surface area contributed by atoms with Gasteiger partial charge in [-0.3, -0.25) is 5.43 Å². The number of hydrazone groups is 1. The van der Waals surface area contributed by atoms with E-state index < -0.39 is 0 Å². The molecule has 9 nitrogen and oxygen atoms in total. The summed E-state index contributed by atoms with van der Waals surface area (Å²) in [5.74, 6) is 2.96. The first kappa shape index (κ1) is 24.3. The molecule has 2 saturated heterocycles. The molecule has 0 saturated carbocycles. The van der Waals surface area contributed by atoms with Gasteiger partial charge in [-0.05, 0) is 35.9 Å². The lowest BCUT2D eigenvalue weighted by atomic mass is 10.2. The molecule has 2 aliphatic heterocycles. The second kappa shape index (κ2) is 12.0. The molecule has 10 heteroatoms. The molecule has 0 spiro atoms. The number of halogens is 1. The first-order valence-corrected chi connectivity index (χ1v) is 12.4. The number of nitrogens with zero attached hydrogens (tertiary/aromatic N) is 5. The van der Waals surface area contributed by atoms with Crippen molar-refractivity contribution in [2.75, 3.05) is 67.8 Å². The molecule has 0 bridgehead atoms. The monoisotopic (exact) mass is 508 g/mol. The van der Waals surface area contributed by atoms with Gasteiger partial charge in [-0.2, -0.15) is 15.1 Å². The molecule has 0 unspecified atom stereocenters. The minimum atomic E-state index is 0.416. The van der Waals surface area contributed by atoms with Crippen LogP contribution in [0.1, 0.15) is 11.1 Å². The number of hydrogen-bond acceptors (Lipinski definition) is 9. The lowest BCUT2D eigenvalue weighted by molar-refractivity contribution is 0.121. The van der Waals surface area contributed by atoms with Crippen LogP contribution in [0.3, 0.4) is 0 Å². The molecule has 0 amide bonds. The molecule has 0 radical (unpaired) electrons. The fourth-order valence-corrected chi connectivity index (χ4v) is 4.13. The van der Waals surface area contributed by atoms with E-state index in [0.29, 0.717) is 49.8 Å². The van der Waals surface area contributed by atoms with Gasteiger partial charge in [0.1, 0.15) is 18.2 Å². The summed E-state index contributed by atoms with van der Waals surface area (Å²) in [5, 5.41) is 5.11. The maximum atomic E-state index is 6.20. The van der Waals surface area contributed by atoms with E-state index >= 15 is 0 Å². The van der Waals surface area contributed by atoms with E-state index in [4.69, 9.17) is 35.8 Å². The van der Waals surface area contributed by atoms with Gasteiger partial charge in [-0.25, -0.2) is 0 Å². The normalized spacial score (nSPS) is 16.4. The van der Waals surface area contributed by atoms with Crippen molar-refractivity contribution in [2.24, 2.45) is 5.10 Å². The zero-order chi connectivity index (χ0) is 24.6. The zero-order valence-electron chi connectivity index (χ0n) is 20.0. The van der Waals surface area contributed by atoms with Crippen LogP contribution in [0, 0.1) is 0 Å². The van der Waals surface area contributed by atoms with Gasteiger partial charge in [0.05, 0.1) is 32.6 Å². The van der Waals surface area contributed by atoms with Crippen molar-refractivity contribution < 1.29 is 14.2 Å². The third-order valence-corrected chi connectivity index (χ3v) is 6.32. The predicted molar refractivity (Wildman–Crippen MR) is 142 cm³/mol. The van der Waals surface area contributed by atoms with E-state index in [1.807, 2.05) is 54.6 Å². The summed E-state index contributed by atoms with van der Waals surface area (Å²) in [6.45, 7) is 6.26. The molecule has 1 aromatic heterocycles. The molecule has 0 atom stereocenters. The highest BCUT2D eigenvalue weighted by atomic mass is 35.5. The smallest absolute Gasteiger partial charge is 0.229 e. The Labute approximate surface area is 215 Å². The first-order chi connectivity index (χ1) is 17.7. The Balaban J connectivity index is 1.24. The minimum absolute atomic E-state index is 0.416. The SMILES string of the molecule is Clc1ccccc1COc1ccc(/C=N\Nc2cc(N3CCOCC3)nc(N3CCOCC3)n2)cc1. The van der Waals surface area contributed by atoms with Crippen molar-refractivity contribution in [3.63, 3.8) is 0 Å². The summed E-state index contributed by atoms with van der Waals surface area (Å²) in [6, 6.07) is 17.3. The van der Waals surface area contributed by atoms with Crippen molar-refractivity contribution >= 4 is 35.4 Å². The van der Waals surface area contributed by atoms with E-state index in [0.717, 1.165) is 48.9 Å². The Kier molecular flexibility index (Phi) is 8.12. The Bertz CT molecular complexity index is 1130. The molecule has 5 rings (SSSR count).